The highest BCUT2D eigenvalue weighted by atomic mass is 32.1. The molecule has 1 aliphatic rings. The lowest BCUT2D eigenvalue weighted by Crippen LogP contribution is -2.27. The van der Waals surface area contributed by atoms with E-state index >= 15 is 0 Å². The fourth-order valence-corrected chi connectivity index (χ4v) is 2.60. The first-order valence-electron chi connectivity index (χ1n) is 5.00. The molecule has 15 heavy (non-hydrogen) atoms. The largest absolute Gasteiger partial charge is 0.473 e. The van der Waals surface area contributed by atoms with Gasteiger partial charge >= 0.3 is 0 Å². The van der Waals surface area contributed by atoms with E-state index in [0.717, 1.165) is 13.0 Å². The molecule has 1 N–H and O–H groups in total. The van der Waals surface area contributed by atoms with Gasteiger partial charge in [0.1, 0.15) is 0 Å². The lowest BCUT2D eigenvalue weighted by molar-refractivity contribution is 0.0918. The quantitative estimate of drug-likeness (QED) is 0.790. The molecule has 0 amide bonds. The van der Waals surface area contributed by atoms with Crippen LogP contribution in [-0.4, -0.2) is 30.5 Å². The third kappa shape index (κ3) is 2.03. The maximum atomic E-state index is 12.1. The van der Waals surface area contributed by atoms with Gasteiger partial charge in [0.05, 0.1) is 18.2 Å². The number of nitrogens with zero attached hydrogens (tertiary/aromatic N) is 1. The Balaban J connectivity index is 2.13. The molecule has 1 aliphatic heterocycles. The van der Waals surface area contributed by atoms with Crippen molar-refractivity contribution < 1.29 is 9.53 Å². The predicted molar refractivity (Wildman–Crippen MR) is 58.6 cm³/mol. The van der Waals surface area contributed by atoms with Gasteiger partial charge in [-0.25, -0.2) is 4.98 Å². The number of rotatable bonds is 3. The van der Waals surface area contributed by atoms with E-state index in [1.165, 1.54) is 11.3 Å². The van der Waals surface area contributed by atoms with Gasteiger partial charge in [0.15, 0.2) is 5.78 Å². The SMILES string of the molecule is COc1ncc(C(=O)C2CCNC2C)s1. The van der Waals surface area contributed by atoms with Crippen molar-refractivity contribution in [1.29, 1.82) is 0 Å². The van der Waals surface area contributed by atoms with Crippen LogP contribution in [0.25, 0.3) is 0 Å². The van der Waals surface area contributed by atoms with Crippen molar-refractivity contribution in [3.63, 3.8) is 0 Å². The van der Waals surface area contributed by atoms with E-state index in [0.29, 0.717) is 10.1 Å². The Hall–Kier alpha value is -0.940. The van der Waals surface area contributed by atoms with E-state index in [1.54, 1.807) is 13.3 Å². The normalized spacial score (nSPS) is 25.5. The summed E-state index contributed by atoms with van der Waals surface area (Å²) in [6, 6.07) is 0.269. The molecule has 0 aliphatic carbocycles. The number of aromatic nitrogens is 1. The Kier molecular flexibility index (Phi) is 3.02. The molecule has 4 nitrogen and oxygen atoms in total. The molecule has 2 heterocycles. The zero-order valence-corrected chi connectivity index (χ0v) is 9.63. The van der Waals surface area contributed by atoms with Gasteiger partial charge in [-0.05, 0) is 19.9 Å². The molecule has 0 radical (unpaired) electrons. The van der Waals surface area contributed by atoms with Crippen molar-refractivity contribution in [3.8, 4) is 5.19 Å². The predicted octanol–water partition coefficient (Wildman–Crippen LogP) is 1.33. The van der Waals surface area contributed by atoms with Crippen molar-refractivity contribution in [2.75, 3.05) is 13.7 Å². The van der Waals surface area contributed by atoms with E-state index in [1.807, 2.05) is 6.92 Å². The molecule has 2 rings (SSSR count). The summed E-state index contributed by atoms with van der Waals surface area (Å²) in [7, 11) is 1.56. The number of Topliss-reactive ketones (excluding diaryl/α,β-unsaturated/α-hetero) is 1. The van der Waals surface area contributed by atoms with Gasteiger partial charge in [-0.1, -0.05) is 11.3 Å². The van der Waals surface area contributed by atoms with Crippen LogP contribution in [-0.2, 0) is 0 Å². The van der Waals surface area contributed by atoms with E-state index in [4.69, 9.17) is 4.74 Å². The highest BCUT2D eigenvalue weighted by molar-refractivity contribution is 7.15. The second-order valence-corrected chi connectivity index (χ2v) is 4.69. The number of hydrogen-bond donors (Lipinski definition) is 1. The van der Waals surface area contributed by atoms with Gasteiger partial charge < -0.3 is 10.1 Å². The second-order valence-electron chi connectivity index (χ2n) is 3.70. The third-order valence-electron chi connectivity index (χ3n) is 2.76. The molecule has 2 atom stereocenters. The summed E-state index contributed by atoms with van der Waals surface area (Å²) in [4.78, 5) is 16.8. The van der Waals surface area contributed by atoms with Crippen molar-refractivity contribution in [1.82, 2.24) is 10.3 Å². The Morgan fingerprint density at radius 1 is 1.73 bits per heavy atom. The summed E-state index contributed by atoms with van der Waals surface area (Å²) in [6.45, 7) is 2.97. The van der Waals surface area contributed by atoms with Gasteiger partial charge in [-0.3, -0.25) is 4.79 Å². The Labute approximate surface area is 92.7 Å². The highest BCUT2D eigenvalue weighted by Gasteiger charge is 2.31. The zero-order valence-electron chi connectivity index (χ0n) is 8.82. The number of ketones is 1. The second kappa shape index (κ2) is 4.28. The molecule has 0 saturated carbocycles. The number of methoxy groups -OCH3 is 1. The number of hydrogen-bond acceptors (Lipinski definition) is 5. The number of nitrogens with one attached hydrogen (secondary N) is 1. The number of thiazole rings is 1. The van der Waals surface area contributed by atoms with E-state index in [-0.39, 0.29) is 17.7 Å². The lowest BCUT2D eigenvalue weighted by atomic mass is 9.96. The standard InChI is InChI=1S/C10H14N2O2S/c1-6-7(3-4-11-6)9(13)8-5-12-10(14-2)15-8/h5-7,11H,3-4H2,1-2H3. The van der Waals surface area contributed by atoms with Gasteiger partial charge in [0, 0.05) is 12.0 Å². The van der Waals surface area contributed by atoms with Crippen molar-refractivity contribution in [2.24, 2.45) is 5.92 Å². The maximum Gasteiger partial charge on any atom is 0.273 e. The maximum absolute atomic E-state index is 12.1. The van der Waals surface area contributed by atoms with Gasteiger partial charge in [0.25, 0.3) is 5.19 Å². The summed E-state index contributed by atoms with van der Waals surface area (Å²) < 4.78 is 4.97. The van der Waals surface area contributed by atoms with Gasteiger partial charge in [-0.2, -0.15) is 0 Å². The molecule has 82 valence electrons. The van der Waals surface area contributed by atoms with Crippen molar-refractivity contribution >= 4 is 17.1 Å². The molecule has 1 saturated heterocycles. The third-order valence-corrected chi connectivity index (χ3v) is 3.74. The Morgan fingerprint density at radius 3 is 3.07 bits per heavy atom. The molecule has 0 bridgehead atoms. The van der Waals surface area contributed by atoms with Crippen molar-refractivity contribution in [2.45, 2.75) is 19.4 Å². The molecular formula is C10H14N2O2S. The summed E-state index contributed by atoms with van der Waals surface area (Å²) >= 11 is 1.32. The fraction of sp³-hybridized carbons (Fsp3) is 0.600. The lowest BCUT2D eigenvalue weighted by Gasteiger charge is -2.11. The molecular weight excluding hydrogens is 212 g/mol. The molecule has 2 unspecified atom stereocenters. The Bertz CT molecular complexity index is 364. The number of ether oxygens (including phenoxy) is 1. The molecule has 1 aromatic heterocycles. The average Bonchev–Trinajstić information content (AvgIpc) is 2.84. The summed E-state index contributed by atoms with van der Waals surface area (Å²) in [5.41, 5.74) is 0. The van der Waals surface area contributed by atoms with Crippen LogP contribution in [0.2, 0.25) is 0 Å². The van der Waals surface area contributed by atoms with Crippen LogP contribution in [0.5, 0.6) is 5.19 Å². The minimum Gasteiger partial charge on any atom is -0.473 e. The summed E-state index contributed by atoms with van der Waals surface area (Å²) in [6.07, 6.45) is 2.52. The van der Waals surface area contributed by atoms with E-state index in [9.17, 15) is 4.79 Å². The van der Waals surface area contributed by atoms with Crippen LogP contribution in [0, 0.1) is 5.92 Å². The molecule has 0 spiro atoms. The van der Waals surface area contributed by atoms with Crippen LogP contribution in [0.3, 0.4) is 0 Å². The summed E-state index contributed by atoms with van der Waals surface area (Å²) in [5.74, 6) is 0.281. The molecule has 1 aromatic rings. The fourth-order valence-electron chi connectivity index (χ4n) is 1.87. The van der Waals surface area contributed by atoms with Crippen LogP contribution in [0.15, 0.2) is 6.20 Å². The molecule has 1 fully saturated rings. The highest BCUT2D eigenvalue weighted by Crippen LogP contribution is 2.26. The van der Waals surface area contributed by atoms with Gasteiger partial charge in [-0.15, -0.1) is 0 Å². The Morgan fingerprint density at radius 2 is 2.53 bits per heavy atom. The first kappa shape index (κ1) is 10.6. The topological polar surface area (TPSA) is 51.2 Å². The number of carbonyl (C=O) groups is 1. The van der Waals surface area contributed by atoms with Crippen LogP contribution in [0.1, 0.15) is 23.0 Å². The minimum absolute atomic E-state index is 0.0927. The summed E-state index contributed by atoms with van der Waals surface area (Å²) in [5, 5.41) is 3.83. The first-order valence-corrected chi connectivity index (χ1v) is 5.81. The van der Waals surface area contributed by atoms with E-state index < -0.39 is 0 Å². The molecule has 0 aromatic carbocycles. The van der Waals surface area contributed by atoms with Gasteiger partial charge in [0.2, 0.25) is 0 Å². The zero-order chi connectivity index (χ0) is 10.8. The molecule has 5 heteroatoms. The van der Waals surface area contributed by atoms with Crippen LogP contribution >= 0.6 is 11.3 Å². The monoisotopic (exact) mass is 226 g/mol. The minimum atomic E-state index is 0.0927. The van der Waals surface area contributed by atoms with Crippen LogP contribution in [0.4, 0.5) is 0 Å². The smallest absolute Gasteiger partial charge is 0.273 e. The number of carbonyl (C=O) groups excluding carboxylic acids is 1. The van der Waals surface area contributed by atoms with E-state index in [2.05, 4.69) is 10.3 Å². The average molecular weight is 226 g/mol. The van der Waals surface area contributed by atoms with Crippen molar-refractivity contribution in [3.05, 3.63) is 11.1 Å². The first-order chi connectivity index (χ1) is 7.22. The van der Waals surface area contributed by atoms with Crippen LogP contribution < -0.4 is 10.1 Å².